The van der Waals surface area contributed by atoms with E-state index in [0.717, 1.165) is 30.5 Å². The number of amides is 1. The highest BCUT2D eigenvalue weighted by Gasteiger charge is 2.13. The quantitative estimate of drug-likeness (QED) is 0.256. The van der Waals surface area contributed by atoms with Gasteiger partial charge in [0.05, 0.1) is 9.96 Å². The van der Waals surface area contributed by atoms with Crippen LogP contribution in [0.2, 0.25) is 0 Å². The van der Waals surface area contributed by atoms with Crippen molar-refractivity contribution >= 4 is 38.3 Å². The van der Waals surface area contributed by atoms with Gasteiger partial charge in [0.25, 0.3) is 4.67 Å². The summed E-state index contributed by atoms with van der Waals surface area (Å²) in [5, 5.41) is 0. The molecular weight excluding hydrogens is 391 g/mol. The number of halogens is 1. The lowest BCUT2D eigenvalue weighted by atomic mass is 10.5. The minimum absolute atomic E-state index is 0. The lowest BCUT2D eigenvalue weighted by Crippen LogP contribution is -3.00. The van der Waals surface area contributed by atoms with E-state index < -0.39 is 0 Å². The van der Waals surface area contributed by atoms with Gasteiger partial charge in [-0.2, -0.15) is 0 Å². The number of thioether (sulfide) groups is 1. The monoisotopic (exact) mass is 404 g/mol. The van der Waals surface area contributed by atoms with E-state index in [9.17, 15) is 4.79 Å². The third-order valence-electron chi connectivity index (χ3n) is 2.13. The van der Waals surface area contributed by atoms with Crippen molar-refractivity contribution < 1.29 is 33.5 Å². The fourth-order valence-electron chi connectivity index (χ4n) is 1.37. The molecular formula is C9H13IN2O2S3. The Morgan fingerprint density at radius 1 is 1.47 bits per heavy atom. The molecule has 1 saturated heterocycles. The van der Waals surface area contributed by atoms with E-state index in [1.165, 1.54) is 16.4 Å². The lowest BCUT2D eigenvalue weighted by Gasteiger charge is -2.08. The van der Waals surface area contributed by atoms with Crippen LogP contribution in [0.15, 0.2) is 10.3 Å². The zero-order valence-corrected chi connectivity index (χ0v) is 13.7. The molecule has 2 rings (SSSR count). The molecule has 1 aliphatic rings. The zero-order chi connectivity index (χ0) is 11.4. The smallest absolute Gasteiger partial charge is 0.268 e. The van der Waals surface area contributed by atoms with Crippen molar-refractivity contribution in [3.05, 3.63) is 10.7 Å². The Morgan fingerprint density at radius 3 is 2.82 bits per heavy atom. The summed E-state index contributed by atoms with van der Waals surface area (Å²) in [6, 6.07) is 2.13. The summed E-state index contributed by atoms with van der Waals surface area (Å²) >= 11 is 1.51. The number of nitrogens with two attached hydrogens (primary N) is 1. The topological polar surface area (TPSA) is 55.3 Å². The number of hydrogen-bond donors (Lipinski definition) is 1. The Balaban J connectivity index is 0.00000144. The highest BCUT2D eigenvalue weighted by atomic mass is 127. The van der Waals surface area contributed by atoms with Crippen LogP contribution in [0.25, 0.3) is 0 Å². The van der Waals surface area contributed by atoms with Crippen LogP contribution in [-0.2, 0) is 9.53 Å². The van der Waals surface area contributed by atoms with Crippen LogP contribution in [0, 0.1) is 0 Å². The SMILES string of the molecule is NC(=O)CSc1cc(=[N+]2CCOCC2)ss1.[I-]. The molecule has 2 heterocycles. The molecule has 1 fully saturated rings. The Labute approximate surface area is 128 Å². The average Bonchev–Trinajstić information content (AvgIpc) is 2.76. The normalized spacial score (nSPS) is 15.4. The van der Waals surface area contributed by atoms with Gasteiger partial charge in [-0.25, -0.2) is 4.58 Å². The molecule has 1 aromatic heterocycles. The van der Waals surface area contributed by atoms with Crippen LogP contribution in [0.4, 0.5) is 0 Å². The average molecular weight is 404 g/mol. The third kappa shape index (κ3) is 4.86. The molecule has 17 heavy (non-hydrogen) atoms. The highest BCUT2D eigenvalue weighted by molar-refractivity contribution is 8.03. The minimum Gasteiger partial charge on any atom is -1.00 e. The first-order valence-electron chi connectivity index (χ1n) is 4.92. The van der Waals surface area contributed by atoms with Gasteiger partial charge in [-0.3, -0.25) is 4.79 Å². The van der Waals surface area contributed by atoms with Crippen molar-refractivity contribution in [1.82, 2.24) is 4.58 Å². The summed E-state index contributed by atoms with van der Waals surface area (Å²) < 4.78 is 10.0. The molecule has 96 valence electrons. The number of morpholine rings is 1. The fourth-order valence-corrected chi connectivity index (χ4v) is 4.99. The molecule has 0 bridgehead atoms. The van der Waals surface area contributed by atoms with Crippen molar-refractivity contribution in [3.63, 3.8) is 0 Å². The molecule has 0 saturated carbocycles. The molecule has 8 heteroatoms. The maximum absolute atomic E-state index is 10.7. The molecule has 4 nitrogen and oxygen atoms in total. The maximum atomic E-state index is 10.7. The van der Waals surface area contributed by atoms with Crippen LogP contribution >= 0.6 is 32.4 Å². The number of carbonyl (C=O) groups is 1. The highest BCUT2D eigenvalue weighted by Crippen LogP contribution is 2.23. The number of nitrogens with zero attached hydrogens (tertiary/aromatic N) is 1. The minimum atomic E-state index is -0.267. The van der Waals surface area contributed by atoms with E-state index >= 15 is 0 Å². The largest absolute Gasteiger partial charge is 1.00 e. The van der Waals surface area contributed by atoms with Gasteiger partial charge >= 0.3 is 0 Å². The van der Waals surface area contributed by atoms with E-state index in [4.69, 9.17) is 10.5 Å². The Hall–Kier alpha value is 0.360. The van der Waals surface area contributed by atoms with Crippen molar-refractivity contribution in [3.8, 4) is 0 Å². The van der Waals surface area contributed by atoms with Crippen LogP contribution in [-0.4, -0.2) is 38.0 Å². The standard InChI is InChI=1S/C9H12N2O2S3.HI/c10-7(12)6-14-9-5-8(15-16-9)11-1-3-13-4-2-11;/h5H,1-4,6H2,(H-,10,12);1H. The first kappa shape index (κ1) is 15.4. The van der Waals surface area contributed by atoms with Gasteiger partial charge in [0.15, 0.2) is 13.1 Å². The zero-order valence-electron chi connectivity index (χ0n) is 9.06. The Bertz CT molecular complexity index is 435. The van der Waals surface area contributed by atoms with Gasteiger partial charge in [0, 0.05) is 6.07 Å². The number of hydrogen-bond acceptors (Lipinski definition) is 5. The summed E-state index contributed by atoms with van der Waals surface area (Å²) in [6.07, 6.45) is 0. The van der Waals surface area contributed by atoms with Crippen molar-refractivity contribution in [2.45, 2.75) is 4.21 Å². The molecule has 0 radical (unpaired) electrons. The predicted molar refractivity (Wildman–Crippen MR) is 67.9 cm³/mol. The van der Waals surface area contributed by atoms with Crippen LogP contribution in [0.5, 0.6) is 0 Å². The van der Waals surface area contributed by atoms with Crippen molar-refractivity contribution in [2.75, 3.05) is 32.1 Å². The first-order valence-corrected chi connectivity index (χ1v) is 8.06. The second-order valence-corrected chi connectivity index (χ2v) is 6.79. The molecule has 0 aromatic carbocycles. The number of primary amides is 1. The molecule has 1 aromatic rings. The molecule has 0 unspecified atom stereocenters. The summed E-state index contributed by atoms with van der Waals surface area (Å²) in [5.41, 5.74) is 5.11. The number of rotatable bonds is 3. The lowest BCUT2D eigenvalue weighted by molar-refractivity contribution is -0.115. The van der Waals surface area contributed by atoms with E-state index in [2.05, 4.69) is 10.6 Å². The summed E-state index contributed by atoms with van der Waals surface area (Å²) in [6.45, 7) is 3.50. The Morgan fingerprint density at radius 2 is 2.18 bits per heavy atom. The van der Waals surface area contributed by atoms with Gasteiger partial charge in [-0.1, -0.05) is 10.3 Å². The van der Waals surface area contributed by atoms with Gasteiger partial charge in [-0.15, -0.1) is 11.8 Å². The summed E-state index contributed by atoms with van der Waals surface area (Å²) in [4.78, 5) is 10.7. The Kier molecular flexibility index (Phi) is 7.00. The molecule has 1 amide bonds. The number of ether oxygens (including phenoxy) is 1. The molecule has 2 N–H and O–H groups in total. The molecule has 0 spiro atoms. The van der Waals surface area contributed by atoms with Crippen LogP contribution in [0.1, 0.15) is 0 Å². The van der Waals surface area contributed by atoms with Crippen LogP contribution < -0.4 is 39.0 Å². The maximum Gasteiger partial charge on any atom is 0.268 e. The number of carbonyl (C=O) groups excluding carboxylic acids is 1. The van der Waals surface area contributed by atoms with E-state index in [-0.39, 0.29) is 29.9 Å². The van der Waals surface area contributed by atoms with Gasteiger partial charge in [-0.05, 0) is 10.3 Å². The van der Waals surface area contributed by atoms with E-state index in [0.29, 0.717) is 5.75 Å². The third-order valence-corrected chi connectivity index (χ3v) is 6.09. The van der Waals surface area contributed by atoms with Crippen molar-refractivity contribution in [1.29, 1.82) is 0 Å². The van der Waals surface area contributed by atoms with Crippen LogP contribution in [0.3, 0.4) is 0 Å². The van der Waals surface area contributed by atoms with Gasteiger partial charge < -0.3 is 34.4 Å². The predicted octanol–water partition coefficient (Wildman–Crippen LogP) is -2.81. The second kappa shape index (κ2) is 7.72. The molecule has 0 aliphatic carbocycles. The first-order chi connectivity index (χ1) is 7.75. The van der Waals surface area contributed by atoms with E-state index in [1.807, 2.05) is 0 Å². The van der Waals surface area contributed by atoms with Crippen molar-refractivity contribution in [2.24, 2.45) is 5.73 Å². The molecule has 0 atom stereocenters. The summed E-state index contributed by atoms with van der Waals surface area (Å²) in [5.74, 6) is 0.0896. The summed E-state index contributed by atoms with van der Waals surface area (Å²) in [7, 11) is 3.45. The van der Waals surface area contributed by atoms with Gasteiger partial charge in [0.1, 0.15) is 13.2 Å². The van der Waals surface area contributed by atoms with Gasteiger partial charge in [0.2, 0.25) is 5.91 Å². The second-order valence-electron chi connectivity index (χ2n) is 3.32. The fraction of sp³-hybridized carbons (Fsp3) is 0.556. The molecule has 1 aliphatic heterocycles. The van der Waals surface area contributed by atoms with E-state index in [1.54, 1.807) is 20.7 Å².